The first-order chi connectivity index (χ1) is 4.74. The maximum absolute atomic E-state index is 3.67. The van der Waals surface area contributed by atoms with Gasteiger partial charge in [-0.3, -0.25) is 0 Å². The van der Waals surface area contributed by atoms with Gasteiger partial charge in [0.1, 0.15) is 0 Å². The summed E-state index contributed by atoms with van der Waals surface area (Å²) < 4.78 is 1.97. The molecule has 0 bridgehead atoms. The predicted octanol–water partition coefficient (Wildman–Crippen LogP) is 2.71. The van der Waals surface area contributed by atoms with Gasteiger partial charge in [-0.25, -0.2) is 0 Å². The Hall–Kier alpha value is -0.980. The van der Waals surface area contributed by atoms with Crippen molar-refractivity contribution in [2.45, 2.75) is 19.8 Å². The van der Waals surface area contributed by atoms with Crippen molar-refractivity contribution in [2.75, 3.05) is 0 Å². The van der Waals surface area contributed by atoms with E-state index in [4.69, 9.17) is 0 Å². The summed E-state index contributed by atoms with van der Waals surface area (Å²) in [5.41, 5.74) is 1.36. The fraction of sp³-hybridized carbons (Fsp3) is 0.333. The normalized spacial score (nSPS) is 10.3. The van der Waals surface area contributed by atoms with Crippen molar-refractivity contribution in [3.63, 3.8) is 0 Å². The highest BCUT2D eigenvalue weighted by atomic mass is 14.9. The van der Waals surface area contributed by atoms with Crippen LogP contribution in [-0.4, -0.2) is 4.57 Å². The van der Waals surface area contributed by atoms with E-state index in [0.717, 1.165) is 0 Å². The summed E-state index contributed by atoms with van der Waals surface area (Å²) >= 11 is 0. The van der Waals surface area contributed by atoms with Crippen LogP contribution in [0.25, 0.3) is 6.20 Å². The number of rotatable bonds is 2. The Labute approximate surface area is 62.0 Å². The molecule has 1 rings (SSSR count). The van der Waals surface area contributed by atoms with E-state index in [9.17, 15) is 0 Å². The quantitative estimate of drug-likeness (QED) is 0.587. The van der Waals surface area contributed by atoms with E-state index < -0.39 is 0 Å². The first kappa shape index (κ1) is 7.13. The van der Waals surface area contributed by atoms with Crippen LogP contribution in [0.2, 0.25) is 0 Å². The molecule has 0 spiro atoms. The molecule has 1 aromatic rings. The van der Waals surface area contributed by atoms with Crippen LogP contribution in [0.1, 0.15) is 25.3 Å². The monoisotopic (exact) mass is 135 g/mol. The van der Waals surface area contributed by atoms with Crippen LogP contribution < -0.4 is 0 Å². The molecule has 1 aromatic heterocycles. The van der Waals surface area contributed by atoms with Gasteiger partial charge in [-0.1, -0.05) is 20.4 Å². The second kappa shape index (κ2) is 2.74. The van der Waals surface area contributed by atoms with Gasteiger partial charge >= 0.3 is 0 Å². The molecular weight excluding hydrogens is 122 g/mol. The lowest BCUT2D eigenvalue weighted by atomic mass is 10.1. The van der Waals surface area contributed by atoms with E-state index in [1.54, 1.807) is 6.20 Å². The largest absolute Gasteiger partial charge is 0.331 e. The summed E-state index contributed by atoms with van der Waals surface area (Å²) in [6.07, 6.45) is 5.91. The Morgan fingerprint density at radius 1 is 1.60 bits per heavy atom. The van der Waals surface area contributed by atoms with Crippen LogP contribution in [0.4, 0.5) is 0 Å². The van der Waals surface area contributed by atoms with E-state index in [0.29, 0.717) is 5.92 Å². The van der Waals surface area contributed by atoms with Crippen molar-refractivity contribution in [3.05, 3.63) is 30.6 Å². The van der Waals surface area contributed by atoms with Gasteiger partial charge < -0.3 is 4.57 Å². The number of hydrogen-bond donors (Lipinski definition) is 0. The summed E-state index contributed by atoms with van der Waals surface area (Å²) in [5, 5.41) is 0. The van der Waals surface area contributed by atoms with Gasteiger partial charge in [0.05, 0.1) is 0 Å². The lowest BCUT2D eigenvalue weighted by Gasteiger charge is -1.97. The van der Waals surface area contributed by atoms with Gasteiger partial charge in [-0.15, -0.1) is 0 Å². The summed E-state index contributed by atoms with van der Waals surface area (Å²) in [6.45, 7) is 8.03. The average molecular weight is 135 g/mol. The molecule has 0 unspecified atom stereocenters. The van der Waals surface area contributed by atoms with Gasteiger partial charge in [0, 0.05) is 18.6 Å². The molecule has 0 aliphatic rings. The van der Waals surface area contributed by atoms with E-state index in [-0.39, 0.29) is 0 Å². The molecule has 0 aliphatic carbocycles. The molecule has 0 aromatic carbocycles. The molecule has 10 heavy (non-hydrogen) atoms. The van der Waals surface area contributed by atoms with Crippen LogP contribution in [0.3, 0.4) is 0 Å². The molecule has 0 fully saturated rings. The Kier molecular flexibility index (Phi) is 1.95. The number of nitrogens with zero attached hydrogens (tertiary/aromatic N) is 1. The van der Waals surface area contributed by atoms with Crippen molar-refractivity contribution in [2.24, 2.45) is 0 Å². The Morgan fingerprint density at radius 3 is 2.60 bits per heavy atom. The first-order valence-corrected chi connectivity index (χ1v) is 3.54. The Bertz CT molecular complexity index is 220. The second-order valence-electron chi connectivity index (χ2n) is 2.73. The highest BCUT2D eigenvalue weighted by Crippen LogP contribution is 2.13. The molecule has 54 valence electrons. The van der Waals surface area contributed by atoms with Crippen LogP contribution >= 0.6 is 0 Å². The topological polar surface area (TPSA) is 4.93 Å². The minimum absolute atomic E-state index is 0.612. The van der Waals surface area contributed by atoms with Crippen LogP contribution in [0.5, 0.6) is 0 Å². The standard InChI is InChI=1S/C9H13N/c1-4-10-6-5-9(7-10)8(2)3/h4-8H,1H2,2-3H3. The molecule has 0 N–H and O–H groups in total. The van der Waals surface area contributed by atoms with Crippen molar-refractivity contribution in [3.8, 4) is 0 Å². The Morgan fingerprint density at radius 2 is 2.30 bits per heavy atom. The zero-order chi connectivity index (χ0) is 7.56. The molecule has 0 atom stereocenters. The fourth-order valence-corrected chi connectivity index (χ4v) is 0.885. The van der Waals surface area contributed by atoms with Gasteiger partial charge in [0.25, 0.3) is 0 Å². The molecule has 0 saturated heterocycles. The maximum Gasteiger partial charge on any atom is 0.0117 e. The summed E-state index contributed by atoms with van der Waals surface area (Å²) in [7, 11) is 0. The molecule has 0 radical (unpaired) electrons. The van der Waals surface area contributed by atoms with Crippen molar-refractivity contribution < 1.29 is 0 Å². The highest BCUT2D eigenvalue weighted by molar-refractivity contribution is 5.24. The first-order valence-electron chi connectivity index (χ1n) is 3.54. The van der Waals surface area contributed by atoms with Gasteiger partial charge in [0.15, 0.2) is 0 Å². The van der Waals surface area contributed by atoms with E-state index in [1.165, 1.54) is 5.56 Å². The number of hydrogen-bond acceptors (Lipinski definition) is 0. The lowest BCUT2D eigenvalue weighted by molar-refractivity contribution is 0.866. The molecule has 1 heteroatoms. The van der Waals surface area contributed by atoms with Crippen LogP contribution in [0, 0.1) is 0 Å². The smallest absolute Gasteiger partial charge is 0.0117 e. The zero-order valence-electron chi connectivity index (χ0n) is 6.54. The summed E-state index contributed by atoms with van der Waals surface area (Å²) in [4.78, 5) is 0. The van der Waals surface area contributed by atoms with Gasteiger partial charge in [0.2, 0.25) is 0 Å². The molecule has 0 aliphatic heterocycles. The predicted molar refractivity (Wildman–Crippen MR) is 44.9 cm³/mol. The minimum Gasteiger partial charge on any atom is -0.331 e. The third kappa shape index (κ3) is 1.29. The molecular formula is C9H13N. The SMILES string of the molecule is C=Cn1ccc(C(C)C)c1. The molecule has 1 nitrogen and oxygen atoms in total. The maximum atomic E-state index is 3.67. The van der Waals surface area contributed by atoms with Gasteiger partial charge in [-0.2, -0.15) is 0 Å². The lowest BCUT2D eigenvalue weighted by Crippen LogP contribution is -1.82. The van der Waals surface area contributed by atoms with E-state index in [1.807, 2.05) is 10.8 Å². The molecule has 0 amide bonds. The summed E-state index contributed by atoms with van der Waals surface area (Å²) in [6, 6.07) is 2.12. The average Bonchev–Trinajstić information content (AvgIpc) is 2.34. The van der Waals surface area contributed by atoms with Crippen molar-refractivity contribution >= 4 is 6.20 Å². The third-order valence-electron chi connectivity index (χ3n) is 1.61. The van der Waals surface area contributed by atoms with E-state index in [2.05, 4.69) is 32.7 Å². The highest BCUT2D eigenvalue weighted by Gasteiger charge is 1.98. The number of aromatic nitrogens is 1. The van der Waals surface area contributed by atoms with Crippen molar-refractivity contribution in [1.29, 1.82) is 0 Å². The van der Waals surface area contributed by atoms with Crippen molar-refractivity contribution in [1.82, 2.24) is 4.57 Å². The van der Waals surface area contributed by atoms with Crippen LogP contribution in [-0.2, 0) is 0 Å². The minimum atomic E-state index is 0.612. The third-order valence-corrected chi connectivity index (χ3v) is 1.61. The molecule has 0 saturated carbocycles. The Balaban J connectivity index is 2.88. The van der Waals surface area contributed by atoms with Gasteiger partial charge in [-0.05, 0) is 17.5 Å². The fourth-order valence-electron chi connectivity index (χ4n) is 0.885. The zero-order valence-corrected chi connectivity index (χ0v) is 6.54. The molecule has 1 heterocycles. The summed E-state index contributed by atoms with van der Waals surface area (Å²) in [5.74, 6) is 0.612. The second-order valence-corrected chi connectivity index (χ2v) is 2.73. The van der Waals surface area contributed by atoms with E-state index >= 15 is 0 Å². The van der Waals surface area contributed by atoms with Crippen LogP contribution in [0.15, 0.2) is 25.0 Å².